The zero-order chi connectivity index (χ0) is 11.5. The molecule has 1 rings (SSSR count). The zero-order valence-corrected chi connectivity index (χ0v) is 9.58. The van der Waals surface area contributed by atoms with Gasteiger partial charge in [0.25, 0.3) is 0 Å². The fourth-order valence-electron chi connectivity index (χ4n) is 2.11. The Balaban J connectivity index is 2.74. The van der Waals surface area contributed by atoms with Crippen LogP contribution in [0.4, 0.5) is 0 Å². The van der Waals surface area contributed by atoms with E-state index >= 15 is 0 Å². The van der Waals surface area contributed by atoms with Crippen molar-refractivity contribution in [1.29, 1.82) is 0 Å². The molecule has 1 N–H and O–H groups in total. The van der Waals surface area contributed by atoms with E-state index in [9.17, 15) is 9.90 Å². The Bertz CT molecular complexity index is 252. The fraction of sp³-hybridized carbons (Fsp3) is 0.750. The van der Waals surface area contributed by atoms with Gasteiger partial charge in [-0.15, -0.1) is 0 Å². The van der Waals surface area contributed by atoms with E-state index in [1.54, 1.807) is 6.92 Å². The Kier molecular flexibility index (Phi) is 3.91. The summed E-state index contributed by atoms with van der Waals surface area (Å²) >= 11 is 0. The number of aliphatic hydroxyl groups is 1. The van der Waals surface area contributed by atoms with Crippen molar-refractivity contribution in [3.63, 3.8) is 0 Å². The molecule has 0 aromatic carbocycles. The van der Waals surface area contributed by atoms with Gasteiger partial charge in [-0.25, -0.2) is 4.79 Å². The van der Waals surface area contributed by atoms with E-state index in [-0.39, 0.29) is 18.5 Å². The van der Waals surface area contributed by atoms with Gasteiger partial charge in [0, 0.05) is 18.1 Å². The summed E-state index contributed by atoms with van der Waals surface area (Å²) in [7, 11) is 0. The van der Waals surface area contributed by atoms with Crippen LogP contribution >= 0.6 is 0 Å². The van der Waals surface area contributed by atoms with E-state index in [0.29, 0.717) is 5.57 Å². The summed E-state index contributed by atoms with van der Waals surface area (Å²) in [5.41, 5.74) is -0.0310. The lowest BCUT2D eigenvalue weighted by molar-refractivity contribution is -0.161. The molecule has 0 heterocycles. The van der Waals surface area contributed by atoms with E-state index in [1.165, 1.54) is 0 Å². The molecular weight excluding hydrogens is 192 g/mol. The molecule has 0 aliphatic heterocycles. The molecule has 0 bridgehead atoms. The molecule has 0 saturated heterocycles. The van der Waals surface area contributed by atoms with Gasteiger partial charge in [0.1, 0.15) is 5.60 Å². The normalized spacial score (nSPS) is 21.0. The van der Waals surface area contributed by atoms with Crippen molar-refractivity contribution in [2.45, 2.75) is 45.1 Å². The number of hydrogen-bond acceptors (Lipinski definition) is 3. The molecule has 3 heteroatoms. The molecule has 86 valence electrons. The molecule has 3 nitrogen and oxygen atoms in total. The second-order valence-corrected chi connectivity index (χ2v) is 4.53. The highest BCUT2D eigenvalue weighted by atomic mass is 16.6. The van der Waals surface area contributed by atoms with Crippen LogP contribution in [0, 0.1) is 5.92 Å². The molecule has 1 fully saturated rings. The van der Waals surface area contributed by atoms with Crippen molar-refractivity contribution in [2.24, 2.45) is 5.92 Å². The largest absolute Gasteiger partial charge is 0.455 e. The van der Waals surface area contributed by atoms with Gasteiger partial charge in [-0.3, -0.25) is 0 Å². The van der Waals surface area contributed by atoms with Crippen LogP contribution in [0.2, 0.25) is 0 Å². The first-order chi connectivity index (χ1) is 7.02. The Hall–Kier alpha value is -0.830. The van der Waals surface area contributed by atoms with Crippen LogP contribution in [0.15, 0.2) is 12.2 Å². The minimum Gasteiger partial charge on any atom is -0.455 e. The highest BCUT2D eigenvalue weighted by Gasteiger charge is 2.42. The number of aliphatic hydroxyl groups excluding tert-OH is 1. The number of ether oxygens (including phenoxy) is 1. The summed E-state index contributed by atoms with van der Waals surface area (Å²) in [6.07, 6.45) is 3.84. The van der Waals surface area contributed by atoms with Crippen molar-refractivity contribution in [3.05, 3.63) is 12.2 Å². The van der Waals surface area contributed by atoms with Gasteiger partial charge in [-0.2, -0.15) is 0 Å². The predicted octanol–water partition coefficient (Wildman–Crippen LogP) is 2.05. The lowest BCUT2D eigenvalue weighted by atomic mass is 9.87. The summed E-state index contributed by atoms with van der Waals surface area (Å²) in [5, 5.41) is 9.20. The number of carbonyl (C=O) groups is 1. The lowest BCUT2D eigenvalue weighted by Gasteiger charge is -2.34. The van der Waals surface area contributed by atoms with Gasteiger partial charge in [-0.05, 0) is 32.6 Å². The molecule has 15 heavy (non-hydrogen) atoms. The number of esters is 1. The summed E-state index contributed by atoms with van der Waals surface area (Å²) in [5.74, 6) is -0.333. The maximum absolute atomic E-state index is 11.5. The van der Waals surface area contributed by atoms with E-state index in [4.69, 9.17) is 4.74 Å². The van der Waals surface area contributed by atoms with E-state index < -0.39 is 5.60 Å². The monoisotopic (exact) mass is 212 g/mol. The molecule has 0 radical (unpaired) electrons. The fourth-order valence-corrected chi connectivity index (χ4v) is 2.11. The average molecular weight is 212 g/mol. The number of rotatable bonds is 4. The van der Waals surface area contributed by atoms with Crippen LogP contribution in [0.3, 0.4) is 0 Å². The van der Waals surface area contributed by atoms with Crippen molar-refractivity contribution in [2.75, 3.05) is 6.61 Å². The summed E-state index contributed by atoms with van der Waals surface area (Å²) < 4.78 is 5.51. The molecular formula is C12H20O3. The topological polar surface area (TPSA) is 46.5 Å². The molecule has 1 atom stereocenters. The average Bonchev–Trinajstić information content (AvgIpc) is 2.66. The summed E-state index contributed by atoms with van der Waals surface area (Å²) in [4.78, 5) is 11.5. The van der Waals surface area contributed by atoms with Gasteiger partial charge in [0.15, 0.2) is 0 Å². The highest BCUT2D eigenvalue weighted by Crippen LogP contribution is 2.39. The molecule has 1 saturated carbocycles. The van der Waals surface area contributed by atoms with Crippen LogP contribution in [-0.4, -0.2) is 23.3 Å². The van der Waals surface area contributed by atoms with E-state index in [1.807, 2.05) is 6.92 Å². The Labute approximate surface area is 91.1 Å². The van der Waals surface area contributed by atoms with Gasteiger partial charge in [0.2, 0.25) is 0 Å². The SMILES string of the molecule is C=C(C)C(=O)OC1(C(C)CO)CCCC1. The molecule has 1 aliphatic rings. The maximum atomic E-state index is 11.5. The zero-order valence-electron chi connectivity index (χ0n) is 9.58. The molecule has 0 aromatic heterocycles. The summed E-state index contributed by atoms with van der Waals surface area (Å²) in [6, 6.07) is 0. The minimum atomic E-state index is -0.454. The van der Waals surface area contributed by atoms with Crippen LogP contribution in [0.5, 0.6) is 0 Å². The third-order valence-electron chi connectivity index (χ3n) is 3.27. The summed E-state index contributed by atoms with van der Waals surface area (Å²) in [6.45, 7) is 7.21. The van der Waals surface area contributed by atoms with Crippen molar-refractivity contribution in [1.82, 2.24) is 0 Å². The lowest BCUT2D eigenvalue weighted by Crippen LogP contribution is -2.40. The third kappa shape index (κ3) is 2.59. The van der Waals surface area contributed by atoms with Gasteiger partial charge in [0.05, 0.1) is 0 Å². The van der Waals surface area contributed by atoms with Gasteiger partial charge < -0.3 is 9.84 Å². The van der Waals surface area contributed by atoms with Gasteiger partial charge >= 0.3 is 5.97 Å². The Morgan fingerprint density at radius 2 is 2.07 bits per heavy atom. The van der Waals surface area contributed by atoms with Crippen LogP contribution in [0.1, 0.15) is 39.5 Å². The molecule has 0 amide bonds. The second kappa shape index (κ2) is 4.79. The predicted molar refractivity (Wildman–Crippen MR) is 58.4 cm³/mol. The first kappa shape index (κ1) is 12.2. The Morgan fingerprint density at radius 3 is 2.47 bits per heavy atom. The molecule has 0 aromatic rings. The molecule has 0 spiro atoms. The van der Waals surface area contributed by atoms with Crippen molar-refractivity contribution in [3.8, 4) is 0 Å². The highest BCUT2D eigenvalue weighted by molar-refractivity contribution is 5.87. The number of hydrogen-bond donors (Lipinski definition) is 1. The first-order valence-electron chi connectivity index (χ1n) is 5.51. The van der Waals surface area contributed by atoms with E-state index in [2.05, 4.69) is 6.58 Å². The van der Waals surface area contributed by atoms with Crippen molar-refractivity contribution < 1.29 is 14.6 Å². The van der Waals surface area contributed by atoms with Crippen molar-refractivity contribution >= 4 is 5.97 Å². The minimum absolute atomic E-state index is 0.00306. The van der Waals surface area contributed by atoms with Gasteiger partial charge in [-0.1, -0.05) is 13.5 Å². The Morgan fingerprint density at radius 1 is 1.53 bits per heavy atom. The molecule has 1 aliphatic carbocycles. The second-order valence-electron chi connectivity index (χ2n) is 4.53. The van der Waals surface area contributed by atoms with Crippen LogP contribution in [0.25, 0.3) is 0 Å². The van der Waals surface area contributed by atoms with Crippen LogP contribution < -0.4 is 0 Å². The van der Waals surface area contributed by atoms with Crippen LogP contribution in [-0.2, 0) is 9.53 Å². The maximum Gasteiger partial charge on any atom is 0.333 e. The smallest absolute Gasteiger partial charge is 0.333 e. The first-order valence-corrected chi connectivity index (χ1v) is 5.51. The number of carbonyl (C=O) groups excluding carboxylic acids is 1. The molecule has 1 unspecified atom stereocenters. The standard InChI is InChI=1S/C12H20O3/c1-9(2)11(14)15-12(10(3)8-13)6-4-5-7-12/h10,13H,1,4-8H2,2-3H3. The quantitative estimate of drug-likeness (QED) is 0.573. The van der Waals surface area contributed by atoms with E-state index in [0.717, 1.165) is 25.7 Å². The third-order valence-corrected chi connectivity index (χ3v) is 3.27.